The van der Waals surface area contributed by atoms with Gasteiger partial charge in [0.25, 0.3) is 11.1 Å². The van der Waals surface area contributed by atoms with Gasteiger partial charge in [-0.3, -0.25) is 24.3 Å². The number of carbonyl (C=O) groups is 3. The molecule has 1 N–H and O–H groups in total. The van der Waals surface area contributed by atoms with E-state index >= 15 is 0 Å². The van der Waals surface area contributed by atoms with E-state index in [1.54, 1.807) is 42.7 Å². The van der Waals surface area contributed by atoms with E-state index in [-0.39, 0.29) is 11.4 Å². The lowest BCUT2D eigenvalue weighted by molar-refractivity contribution is -0.127. The van der Waals surface area contributed by atoms with Crippen LogP contribution in [0.4, 0.5) is 10.5 Å². The number of anilines is 1. The van der Waals surface area contributed by atoms with E-state index in [9.17, 15) is 14.4 Å². The van der Waals surface area contributed by atoms with Gasteiger partial charge in [-0.25, -0.2) is 0 Å². The summed E-state index contributed by atoms with van der Waals surface area (Å²) in [7, 11) is 1.52. The Morgan fingerprint density at radius 2 is 1.86 bits per heavy atom. The van der Waals surface area contributed by atoms with Gasteiger partial charge in [-0.1, -0.05) is 17.7 Å². The van der Waals surface area contributed by atoms with Crippen LogP contribution in [0.25, 0.3) is 6.08 Å². The van der Waals surface area contributed by atoms with Crippen molar-refractivity contribution in [2.45, 2.75) is 13.5 Å². The van der Waals surface area contributed by atoms with E-state index in [0.29, 0.717) is 33.8 Å². The standard InChI is InChI=1S/C26H22BrN3O5S/c1-16-3-5-19(6-4-16)29-23(31)14-30-25(32)22(36-26(30)33)13-18-11-20(27)24(21(12-18)34-2)35-15-17-7-9-28-10-8-17/h3-13H,14-15H2,1-2H3,(H,29,31)/b22-13-. The number of nitrogens with one attached hydrogen (secondary N) is 1. The van der Waals surface area contributed by atoms with Crippen LogP contribution in [0.5, 0.6) is 11.5 Å². The van der Waals surface area contributed by atoms with E-state index in [4.69, 9.17) is 9.47 Å². The molecule has 0 spiro atoms. The van der Waals surface area contributed by atoms with Crippen molar-refractivity contribution in [2.24, 2.45) is 0 Å². The molecule has 184 valence electrons. The van der Waals surface area contributed by atoms with Gasteiger partial charge in [0.2, 0.25) is 5.91 Å². The molecule has 3 amide bonds. The summed E-state index contributed by atoms with van der Waals surface area (Å²) < 4.78 is 12.0. The molecule has 1 fully saturated rings. The molecule has 0 unspecified atom stereocenters. The summed E-state index contributed by atoms with van der Waals surface area (Å²) in [5.74, 6) is -0.0200. The smallest absolute Gasteiger partial charge is 0.294 e. The van der Waals surface area contributed by atoms with Crippen LogP contribution in [0.3, 0.4) is 0 Å². The first-order chi connectivity index (χ1) is 17.3. The molecule has 2 aromatic carbocycles. The summed E-state index contributed by atoms with van der Waals surface area (Å²) >= 11 is 4.28. The Kier molecular flexibility index (Phi) is 8.07. The van der Waals surface area contributed by atoms with Crippen LogP contribution in [0.15, 0.2) is 70.3 Å². The van der Waals surface area contributed by atoms with Crippen molar-refractivity contribution >= 4 is 56.5 Å². The Morgan fingerprint density at radius 1 is 1.14 bits per heavy atom. The van der Waals surface area contributed by atoms with Crippen LogP contribution >= 0.6 is 27.7 Å². The van der Waals surface area contributed by atoms with Crippen LogP contribution in [0.1, 0.15) is 16.7 Å². The predicted molar refractivity (Wildman–Crippen MR) is 142 cm³/mol. The topological polar surface area (TPSA) is 97.8 Å². The van der Waals surface area contributed by atoms with Crippen LogP contribution in [-0.2, 0) is 16.2 Å². The number of hydrogen-bond acceptors (Lipinski definition) is 7. The van der Waals surface area contributed by atoms with Gasteiger partial charge in [0.15, 0.2) is 11.5 Å². The molecule has 2 heterocycles. The molecule has 36 heavy (non-hydrogen) atoms. The molecule has 1 saturated heterocycles. The molecule has 1 aromatic heterocycles. The normalized spacial score (nSPS) is 14.3. The van der Waals surface area contributed by atoms with Crippen molar-refractivity contribution in [3.63, 3.8) is 0 Å². The lowest BCUT2D eigenvalue weighted by Crippen LogP contribution is -2.36. The zero-order valence-electron chi connectivity index (χ0n) is 19.5. The Hall–Kier alpha value is -3.63. The second-order valence-electron chi connectivity index (χ2n) is 7.86. The second kappa shape index (κ2) is 11.4. The second-order valence-corrected chi connectivity index (χ2v) is 9.71. The van der Waals surface area contributed by atoms with Gasteiger partial charge >= 0.3 is 0 Å². The third kappa shape index (κ3) is 6.13. The van der Waals surface area contributed by atoms with Crippen molar-refractivity contribution < 1.29 is 23.9 Å². The molecule has 0 saturated carbocycles. The van der Waals surface area contributed by atoms with E-state index in [1.165, 1.54) is 7.11 Å². The van der Waals surface area contributed by atoms with Gasteiger partial charge in [0.1, 0.15) is 13.2 Å². The number of aromatic nitrogens is 1. The van der Waals surface area contributed by atoms with Crippen molar-refractivity contribution in [1.29, 1.82) is 0 Å². The summed E-state index contributed by atoms with van der Waals surface area (Å²) in [6, 6.07) is 14.4. The highest BCUT2D eigenvalue weighted by Crippen LogP contribution is 2.39. The first kappa shape index (κ1) is 25.5. The Bertz CT molecular complexity index is 1330. The van der Waals surface area contributed by atoms with Crippen LogP contribution in [0, 0.1) is 6.92 Å². The quantitative estimate of drug-likeness (QED) is 0.363. The number of hydrogen-bond donors (Lipinski definition) is 1. The van der Waals surface area contributed by atoms with Gasteiger partial charge in [0, 0.05) is 18.1 Å². The third-order valence-electron chi connectivity index (χ3n) is 5.19. The van der Waals surface area contributed by atoms with Gasteiger partial charge in [-0.05, 0) is 88.2 Å². The molecule has 4 rings (SSSR count). The first-order valence-corrected chi connectivity index (χ1v) is 12.5. The Balaban J connectivity index is 1.46. The summed E-state index contributed by atoms with van der Waals surface area (Å²) in [6.07, 6.45) is 4.96. The molecule has 0 bridgehead atoms. The lowest BCUT2D eigenvalue weighted by Gasteiger charge is -2.14. The monoisotopic (exact) mass is 567 g/mol. The Morgan fingerprint density at radius 3 is 2.56 bits per heavy atom. The maximum atomic E-state index is 12.9. The van der Waals surface area contributed by atoms with Crippen molar-refractivity contribution in [3.8, 4) is 11.5 Å². The average molecular weight is 568 g/mol. The largest absolute Gasteiger partial charge is 0.493 e. The van der Waals surface area contributed by atoms with Crippen molar-refractivity contribution in [3.05, 3.63) is 87.0 Å². The lowest BCUT2D eigenvalue weighted by atomic mass is 10.1. The minimum absolute atomic E-state index is 0.211. The maximum absolute atomic E-state index is 12.9. The molecule has 0 atom stereocenters. The van der Waals surface area contributed by atoms with E-state index in [0.717, 1.165) is 27.8 Å². The van der Waals surface area contributed by atoms with Crippen LogP contribution < -0.4 is 14.8 Å². The van der Waals surface area contributed by atoms with E-state index < -0.39 is 17.1 Å². The minimum Gasteiger partial charge on any atom is -0.493 e. The number of carbonyl (C=O) groups excluding carboxylic acids is 3. The summed E-state index contributed by atoms with van der Waals surface area (Å²) in [6.45, 7) is 1.89. The molecular weight excluding hydrogens is 546 g/mol. The highest BCUT2D eigenvalue weighted by atomic mass is 79.9. The minimum atomic E-state index is -0.530. The van der Waals surface area contributed by atoms with Crippen molar-refractivity contribution in [1.82, 2.24) is 9.88 Å². The first-order valence-electron chi connectivity index (χ1n) is 10.8. The van der Waals surface area contributed by atoms with E-state index in [2.05, 4.69) is 26.2 Å². The fourth-order valence-electron chi connectivity index (χ4n) is 3.37. The number of nitrogens with zero attached hydrogens (tertiary/aromatic N) is 2. The van der Waals surface area contributed by atoms with Gasteiger partial charge in [0.05, 0.1) is 16.5 Å². The van der Waals surface area contributed by atoms with Gasteiger partial charge in [-0.2, -0.15) is 0 Å². The molecule has 1 aliphatic heterocycles. The molecule has 10 heteroatoms. The number of aryl methyl sites for hydroxylation is 1. The number of pyridine rings is 1. The zero-order valence-corrected chi connectivity index (χ0v) is 21.9. The number of methoxy groups -OCH3 is 1. The van der Waals surface area contributed by atoms with Crippen LogP contribution in [-0.4, -0.2) is 40.6 Å². The number of rotatable bonds is 8. The number of halogens is 1. The zero-order chi connectivity index (χ0) is 25.7. The molecule has 8 nitrogen and oxygen atoms in total. The molecule has 0 aliphatic carbocycles. The molecule has 3 aromatic rings. The average Bonchev–Trinajstić information content (AvgIpc) is 3.12. The van der Waals surface area contributed by atoms with Crippen LogP contribution in [0.2, 0.25) is 0 Å². The number of ether oxygens (including phenoxy) is 2. The van der Waals surface area contributed by atoms with E-state index in [1.807, 2.05) is 31.2 Å². The fourth-order valence-corrected chi connectivity index (χ4v) is 4.78. The fraction of sp³-hybridized carbons (Fsp3) is 0.154. The summed E-state index contributed by atoms with van der Waals surface area (Å²) in [5.41, 5.74) is 3.23. The SMILES string of the molecule is COc1cc(/C=C2\SC(=O)N(CC(=O)Nc3ccc(C)cc3)C2=O)cc(Br)c1OCc1ccncc1. The number of benzene rings is 2. The van der Waals surface area contributed by atoms with Gasteiger partial charge in [-0.15, -0.1) is 0 Å². The highest BCUT2D eigenvalue weighted by Gasteiger charge is 2.36. The number of imide groups is 1. The summed E-state index contributed by atoms with van der Waals surface area (Å²) in [5, 5.41) is 2.19. The molecule has 1 aliphatic rings. The van der Waals surface area contributed by atoms with Gasteiger partial charge < -0.3 is 14.8 Å². The maximum Gasteiger partial charge on any atom is 0.294 e. The van der Waals surface area contributed by atoms with Crippen molar-refractivity contribution in [2.75, 3.05) is 19.0 Å². The summed E-state index contributed by atoms with van der Waals surface area (Å²) in [4.78, 5) is 42.9. The highest BCUT2D eigenvalue weighted by molar-refractivity contribution is 9.10. The number of amides is 3. The molecule has 0 radical (unpaired) electrons. The Labute approximate surface area is 220 Å². The third-order valence-corrected chi connectivity index (χ3v) is 6.69. The number of thioether (sulfide) groups is 1. The predicted octanol–water partition coefficient (Wildman–Crippen LogP) is 5.42. The molecular formula is C26H22BrN3O5S.